The van der Waals surface area contributed by atoms with Crippen LogP contribution in [0.15, 0.2) is 0 Å². The zero-order valence-electron chi connectivity index (χ0n) is 44.1. The highest BCUT2D eigenvalue weighted by Gasteiger charge is 2.17. The number of hydrogen-bond donors (Lipinski definition) is 0. The van der Waals surface area contributed by atoms with Crippen molar-refractivity contribution in [2.45, 2.75) is 103 Å². The van der Waals surface area contributed by atoms with Gasteiger partial charge in [-0.05, 0) is 229 Å². The van der Waals surface area contributed by atoms with Crippen molar-refractivity contribution in [2.75, 3.05) is 244 Å². The lowest BCUT2D eigenvalue weighted by molar-refractivity contribution is 0.0918. The first-order valence-corrected chi connectivity index (χ1v) is 28.5. The summed E-state index contributed by atoms with van der Waals surface area (Å²) in [6.07, 6.45) is 22.4. The van der Waals surface area contributed by atoms with Crippen molar-refractivity contribution >= 4 is 0 Å². The van der Waals surface area contributed by atoms with Crippen molar-refractivity contribution in [3.05, 3.63) is 0 Å². The summed E-state index contributed by atoms with van der Waals surface area (Å²) < 4.78 is 11.4. The van der Waals surface area contributed by atoms with E-state index in [1.807, 2.05) is 0 Å². The van der Waals surface area contributed by atoms with Crippen molar-refractivity contribution in [3.8, 4) is 0 Å². The van der Waals surface area contributed by atoms with E-state index in [0.29, 0.717) is 0 Å². The molecule has 13 nitrogen and oxygen atoms in total. The lowest BCUT2D eigenvalue weighted by atomic mass is 10.4. The molecule has 0 spiro atoms. The summed E-state index contributed by atoms with van der Waals surface area (Å²) in [4.78, 5) is 27.9. The van der Waals surface area contributed by atoms with E-state index in [1.54, 1.807) is 0 Å². The van der Waals surface area contributed by atoms with E-state index in [2.05, 4.69) is 75.0 Å². The Bertz CT molecular complexity index is 997. The van der Waals surface area contributed by atoms with E-state index < -0.39 is 0 Å². The van der Waals surface area contributed by atoms with E-state index in [0.717, 1.165) is 52.6 Å². The predicted molar refractivity (Wildman–Crippen MR) is 280 cm³/mol. The molecule has 8 aliphatic heterocycles. The topological polar surface area (TPSA) is 54.1 Å². The molecule has 0 N–H and O–H groups in total. The average Bonchev–Trinajstić information content (AvgIpc) is 4.20. The van der Waals surface area contributed by atoms with Crippen LogP contribution in [0.3, 0.4) is 0 Å². The Balaban J connectivity index is 0.000000166. The van der Waals surface area contributed by atoms with Crippen LogP contribution >= 0.6 is 0 Å². The molecule has 0 amide bonds. The van der Waals surface area contributed by atoms with Gasteiger partial charge in [-0.25, -0.2) is 0 Å². The first-order valence-electron chi connectivity index (χ1n) is 28.5. The Morgan fingerprint density at radius 3 is 0.606 bits per heavy atom. The molecule has 0 aromatic carbocycles. The largest absolute Gasteiger partial charge is 0.379 e. The number of hydrogen-bond acceptors (Lipinski definition) is 13. The smallest absolute Gasteiger partial charge is 0.0594 e. The number of nitrogens with zero attached hydrogens (tertiary/aromatic N) is 11. The van der Waals surface area contributed by atoms with Crippen LogP contribution in [0.4, 0.5) is 0 Å². The van der Waals surface area contributed by atoms with Crippen LogP contribution < -0.4 is 0 Å². The fourth-order valence-electron chi connectivity index (χ4n) is 11.0. The highest BCUT2D eigenvalue weighted by atomic mass is 16.5. The van der Waals surface area contributed by atoms with Crippen molar-refractivity contribution in [3.63, 3.8) is 0 Å². The molecule has 0 aromatic rings. The van der Waals surface area contributed by atoms with Gasteiger partial charge in [0.15, 0.2) is 0 Å². The van der Waals surface area contributed by atoms with Gasteiger partial charge in [-0.1, -0.05) is 0 Å². The van der Waals surface area contributed by atoms with E-state index in [4.69, 9.17) is 9.47 Å². The van der Waals surface area contributed by atoms with Crippen molar-refractivity contribution in [2.24, 2.45) is 0 Å². The minimum atomic E-state index is 0.879. The number of ether oxygens (including phenoxy) is 2. The SMILES string of the molecule is C1CCN(CCOCCN2CCCC2)C1.CN(CCN1CCCC1)CCN1CCCC1.CN(CCN1CCCC1)CCN1CCCC1.CN(CCOCCN1CCCC1)CCN1CCCC1. The maximum Gasteiger partial charge on any atom is 0.0594 e. The van der Waals surface area contributed by atoms with Crippen LogP contribution in [0, 0.1) is 0 Å². The minimum absolute atomic E-state index is 0.879. The summed E-state index contributed by atoms with van der Waals surface area (Å²) in [5.41, 5.74) is 0. The molecule has 0 unspecified atom stereocenters. The second kappa shape index (κ2) is 36.4. The maximum absolute atomic E-state index is 5.74. The summed E-state index contributed by atoms with van der Waals surface area (Å²) in [5, 5.41) is 0. The summed E-state index contributed by atoms with van der Waals surface area (Å²) >= 11 is 0. The predicted octanol–water partition coefficient (Wildman–Crippen LogP) is 4.54. The number of likely N-dealkylation sites (N-methyl/N-ethyl adjacent to an activating group) is 3. The normalized spacial score (nSPS) is 23.2. The van der Waals surface area contributed by atoms with E-state index in [1.165, 1.54) is 273 Å². The van der Waals surface area contributed by atoms with Gasteiger partial charge in [0, 0.05) is 91.6 Å². The highest BCUT2D eigenvalue weighted by Crippen LogP contribution is 2.12. The molecule has 0 atom stereocenters. The van der Waals surface area contributed by atoms with Gasteiger partial charge in [0.2, 0.25) is 0 Å². The van der Waals surface area contributed by atoms with E-state index in [9.17, 15) is 0 Å². The van der Waals surface area contributed by atoms with Crippen molar-refractivity contribution < 1.29 is 9.47 Å². The molecule has 8 saturated heterocycles. The molecule has 66 heavy (non-hydrogen) atoms. The number of rotatable bonds is 27. The fourth-order valence-corrected chi connectivity index (χ4v) is 11.0. The summed E-state index contributed by atoms with van der Waals surface area (Å²) in [6, 6.07) is 0. The van der Waals surface area contributed by atoms with Crippen molar-refractivity contribution in [1.29, 1.82) is 0 Å². The van der Waals surface area contributed by atoms with Gasteiger partial charge in [0.25, 0.3) is 0 Å². The standard InChI is InChI=1S/C15H31N3O.2C13H27N3.C12H24N2O/c1-16(10-11-17-6-2-3-7-17)12-14-19-15-13-18-8-4-5-9-18;2*1-14(10-12-15-6-2-3-7-15)11-13-16-8-4-5-9-16;1-2-6-13(5-1)9-11-15-12-10-14-7-3-4-8-14/h2-15H2,1H3;2*2-13H2,1H3;1-12H2. The molecule has 13 heteroatoms. The lowest BCUT2D eigenvalue weighted by Gasteiger charge is -2.23. The molecule has 8 rings (SSSR count). The van der Waals surface area contributed by atoms with Crippen molar-refractivity contribution in [1.82, 2.24) is 53.9 Å². The van der Waals surface area contributed by atoms with Crippen LogP contribution in [-0.4, -0.2) is 298 Å². The third-order valence-electron chi connectivity index (χ3n) is 15.9. The Kier molecular flexibility index (Phi) is 31.1. The minimum Gasteiger partial charge on any atom is -0.379 e. The van der Waals surface area contributed by atoms with Gasteiger partial charge < -0.3 is 63.4 Å². The van der Waals surface area contributed by atoms with Gasteiger partial charge in [-0.2, -0.15) is 0 Å². The fraction of sp³-hybridized carbons (Fsp3) is 1.00. The molecular formula is C53H109N11O2. The third-order valence-corrected chi connectivity index (χ3v) is 15.9. The van der Waals surface area contributed by atoms with Gasteiger partial charge in [-0.3, -0.25) is 0 Å². The van der Waals surface area contributed by atoms with Crippen LogP contribution in [0.25, 0.3) is 0 Å². The van der Waals surface area contributed by atoms with Gasteiger partial charge in [-0.15, -0.1) is 0 Å². The molecule has 0 aliphatic carbocycles. The molecule has 8 heterocycles. The molecule has 0 bridgehead atoms. The van der Waals surface area contributed by atoms with Gasteiger partial charge in [0.05, 0.1) is 26.4 Å². The second-order valence-corrected chi connectivity index (χ2v) is 21.5. The van der Waals surface area contributed by atoms with Gasteiger partial charge in [0.1, 0.15) is 0 Å². The second-order valence-electron chi connectivity index (χ2n) is 21.5. The van der Waals surface area contributed by atoms with E-state index in [-0.39, 0.29) is 0 Å². The van der Waals surface area contributed by atoms with E-state index >= 15 is 0 Å². The number of likely N-dealkylation sites (tertiary alicyclic amines) is 8. The van der Waals surface area contributed by atoms with Crippen LogP contribution in [0.2, 0.25) is 0 Å². The molecule has 0 aromatic heterocycles. The van der Waals surface area contributed by atoms with Crippen LogP contribution in [0.1, 0.15) is 103 Å². The molecule has 8 fully saturated rings. The van der Waals surface area contributed by atoms with Gasteiger partial charge >= 0.3 is 0 Å². The first-order chi connectivity index (χ1) is 32.5. The summed E-state index contributed by atoms with van der Waals surface area (Å²) in [7, 11) is 6.75. The Morgan fingerprint density at radius 2 is 0.394 bits per heavy atom. The Labute approximate surface area is 408 Å². The molecule has 0 saturated carbocycles. The monoisotopic (exact) mass is 932 g/mol. The summed E-state index contributed by atoms with van der Waals surface area (Å²) in [5.74, 6) is 0. The lowest BCUT2D eigenvalue weighted by Crippen LogP contribution is -2.36. The maximum atomic E-state index is 5.74. The van der Waals surface area contributed by atoms with Crippen LogP contribution in [-0.2, 0) is 9.47 Å². The van der Waals surface area contributed by atoms with Crippen LogP contribution in [0.5, 0.6) is 0 Å². The molecule has 388 valence electrons. The third kappa shape index (κ3) is 26.6. The molecule has 8 aliphatic rings. The zero-order valence-corrected chi connectivity index (χ0v) is 44.1. The zero-order chi connectivity index (χ0) is 46.1. The quantitative estimate of drug-likeness (QED) is 0.109. The highest BCUT2D eigenvalue weighted by molar-refractivity contribution is 4.73. The Hall–Kier alpha value is -0.520. The summed E-state index contributed by atoms with van der Waals surface area (Å²) in [6.45, 7) is 41.6. The molecular weight excluding hydrogens is 823 g/mol. The first kappa shape index (κ1) is 56.4. The Morgan fingerprint density at radius 1 is 0.227 bits per heavy atom. The average molecular weight is 933 g/mol. The molecule has 0 radical (unpaired) electrons.